The third-order valence-corrected chi connectivity index (χ3v) is 3.80. The van der Waals surface area contributed by atoms with Crippen LogP contribution in [0.4, 0.5) is 0 Å². The van der Waals surface area contributed by atoms with Crippen LogP contribution in [0.2, 0.25) is 0 Å². The zero-order valence-corrected chi connectivity index (χ0v) is 10.6. The van der Waals surface area contributed by atoms with Crippen LogP contribution in [0.15, 0.2) is 12.2 Å². The molecule has 0 N–H and O–H groups in total. The van der Waals surface area contributed by atoms with Crippen LogP contribution in [0.3, 0.4) is 0 Å². The summed E-state index contributed by atoms with van der Waals surface area (Å²) in [5, 5.41) is 0. The van der Waals surface area contributed by atoms with Crippen LogP contribution in [0.25, 0.3) is 0 Å². The molecule has 0 aromatic heterocycles. The number of hydrogen-bond acceptors (Lipinski definition) is 0. The second-order valence-electron chi connectivity index (χ2n) is 5.30. The van der Waals surface area contributed by atoms with E-state index in [1.807, 2.05) is 0 Å². The zero-order valence-electron chi connectivity index (χ0n) is 10.6. The summed E-state index contributed by atoms with van der Waals surface area (Å²) >= 11 is 0. The van der Waals surface area contributed by atoms with Crippen molar-refractivity contribution in [1.29, 1.82) is 0 Å². The van der Waals surface area contributed by atoms with E-state index in [2.05, 4.69) is 13.5 Å². The van der Waals surface area contributed by atoms with Gasteiger partial charge in [0.1, 0.15) is 0 Å². The van der Waals surface area contributed by atoms with Crippen molar-refractivity contribution in [2.45, 2.75) is 77.6 Å². The molecular weight excluding hydrogens is 180 g/mol. The molecule has 15 heavy (non-hydrogen) atoms. The van der Waals surface area contributed by atoms with Crippen molar-refractivity contribution in [3.63, 3.8) is 0 Å². The van der Waals surface area contributed by atoms with Crippen molar-refractivity contribution in [2.75, 3.05) is 0 Å². The number of allylic oxidation sites excluding steroid dienone is 1. The lowest BCUT2D eigenvalue weighted by atomic mass is 9.89. The van der Waals surface area contributed by atoms with Gasteiger partial charge in [-0.3, -0.25) is 0 Å². The topological polar surface area (TPSA) is 0 Å². The van der Waals surface area contributed by atoms with E-state index in [-0.39, 0.29) is 0 Å². The van der Waals surface area contributed by atoms with Gasteiger partial charge in [0.15, 0.2) is 0 Å². The molecule has 0 heterocycles. The molecule has 1 saturated carbocycles. The van der Waals surface area contributed by atoms with Gasteiger partial charge in [0.05, 0.1) is 0 Å². The van der Waals surface area contributed by atoms with Crippen LogP contribution >= 0.6 is 0 Å². The number of hydrogen-bond donors (Lipinski definition) is 0. The average molecular weight is 208 g/mol. The molecule has 1 aliphatic rings. The van der Waals surface area contributed by atoms with Crippen LogP contribution in [-0.2, 0) is 0 Å². The Bertz CT molecular complexity index is 157. The molecule has 0 atom stereocenters. The summed E-state index contributed by atoms with van der Waals surface area (Å²) < 4.78 is 0. The first-order valence-corrected chi connectivity index (χ1v) is 6.96. The highest BCUT2D eigenvalue weighted by Crippen LogP contribution is 2.25. The molecule has 0 aromatic rings. The summed E-state index contributed by atoms with van der Waals surface area (Å²) in [5.41, 5.74) is 1.42. The molecule has 1 fully saturated rings. The number of rotatable bonds is 1. The summed E-state index contributed by atoms with van der Waals surface area (Å²) in [6.07, 6.45) is 15.9. The third kappa shape index (κ3) is 6.02. The van der Waals surface area contributed by atoms with E-state index in [0.717, 1.165) is 5.92 Å². The van der Waals surface area contributed by atoms with Gasteiger partial charge in [-0.15, -0.1) is 0 Å². The normalized spacial score (nSPS) is 22.7. The Kier molecular flexibility index (Phi) is 6.80. The first kappa shape index (κ1) is 12.8. The minimum absolute atomic E-state index is 0.824. The predicted molar refractivity (Wildman–Crippen MR) is 69.1 cm³/mol. The highest BCUT2D eigenvalue weighted by Gasteiger charge is 2.09. The second kappa shape index (κ2) is 7.96. The quantitative estimate of drug-likeness (QED) is 0.500. The lowest BCUT2D eigenvalue weighted by Gasteiger charge is -2.17. The Morgan fingerprint density at radius 2 is 1.07 bits per heavy atom. The van der Waals surface area contributed by atoms with Crippen LogP contribution in [0.5, 0.6) is 0 Å². The van der Waals surface area contributed by atoms with E-state index >= 15 is 0 Å². The molecule has 1 aliphatic carbocycles. The zero-order chi connectivity index (χ0) is 10.9. The molecule has 0 aliphatic heterocycles. The van der Waals surface area contributed by atoms with E-state index < -0.39 is 0 Å². The Morgan fingerprint density at radius 1 is 0.733 bits per heavy atom. The lowest BCUT2D eigenvalue weighted by Crippen LogP contribution is -2.02. The van der Waals surface area contributed by atoms with E-state index in [1.54, 1.807) is 0 Å². The molecule has 0 unspecified atom stereocenters. The smallest absolute Gasteiger partial charge is 0.0209 e. The standard InChI is InChI=1S/C15H28/c1-14(2)15-12-10-8-6-4-3-5-7-9-11-13-15/h15H,1,3-13H2,2H3. The average Bonchev–Trinajstić information content (AvgIpc) is 2.18. The van der Waals surface area contributed by atoms with Gasteiger partial charge >= 0.3 is 0 Å². The molecule has 0 nitrogen and oxygen atoms in total. The molecule has 0 heteroatoms. The van der Waals surface area contributed by atoms with Gasteiger partial charge in [0.25, 0.3) is 0 Å². The second-order valence-corrected chi connectivity index (χ2v) is 5.30. The maximum Gasteiger partial charge on any atom is -0.0209 e. The van der Waals surface area contributed by atoms with Gasteiger partial charge in [-0.2, -0.15) is 0 Å². The molecule has 0 aromatic carbocycles. The SMILES string of the molecule is C=C(C)C1CCCCCCCCCCC1. The molecule has 0 bridgehead atoms. The Morgan fingerprint density at radius 3 is 1.40 bits per heavy atom. The van der Waals surface area contributed by atoms with Crippen molar-refractivity contribution < 1.29 is 0 Å². The summed E-state index contributed by atoms with van der Waals surface area (Å²) in [4.78, 5) is 0. The van der Waals surface area contributed by atoms with Crippen molar-refractivity contribution in [3.8, 4) is 0 Å². The molecule has 0 saturated heterocycles. The molecule has 1 rings (SSSR count). The molecular formula is C15H28. The first-order valence-electron chi connectivity index (χ1n) is 6.96. The van der Waals surface area contributed by atoms with E-state index in [9.17, 15) is 0 Å². The van der Waals surface area contributed by atoms with Crippen molar-refractivity contribution in [1.82, 2.24) is 0 Å². The maximum atomic E-state index is 4.15. The van der Waals surface area contributed by atoms with E-state index in [1.165, 1.54) is 76.2 Å². The van der Waals surface area contributed by atoms with Gasteiger partial charge < -0.3 is 0 Å². The summed E-state index contributed by atoms with van der Waals surface area (Å²) in [7, 11) is 0. The van der Waals surface area contributed by atoms with Gasteiger partial charge in [-0.05, 0) is 25.7 Å². The first-order chi connectivity index (χ1) is 7.30. The fourth-order valence-corrected chi connectivity index (χ4v) is 2.66. The predicted octanol–water partition coefficient (Wildman–Crippen LogP) is 5.48. The van der Waals surface area contributed by atoms with Crippen LogP contribution in [0, 0.1) is 5.92 Å². The maximum absolute atomic E-state index is 4.15. The fourth-order valence-electron chi connectivity index (χ4n) is 2.66. The molecule has 0 spiro atoms. The summed E-state index contributed by atoms with van der Waals surface area (Å²) in [6.45, 7) is 6.37. The van der Waals surface area contributed by atoms with Crippen LogP contribution in [-0.4, -0.2) is 0 Å². The largest absolute Gasteiger partial charge is 0.0999 e. The van der Waals surface area contributed by atoms with Crippen molar-refractivity contribution >= 4 is 0 Å². The van der Waals surface area contributed by atoms with Crippen LogP contribution < -0.4 is 0 Å². The van der Waals surface area contributed by atoms with Crippen molar-refractivity contribution in [3.05, 3.63) is 12.2 Å². The van der Waals surface area contributed by atoms with Crippen molar-refractivity contribution in [2.24, 2.45) is 5.92 Å². The Balaban J connectivity index is 2.28. The highest BCUT2D eigenvalue weighted by molar-refractivity contribution is 4.95. The highest BCUT2D eigenvalue weighted by atomic mass is 14.1. The van der Waals surface area contributed by atoms with Crippen LogP contribution in [0.1, 0.15) is 77.6 Å². The summed E-state index contributed by atoms with van der Waals surface area (Å²) in [6, 6.07) is 0. The Labute approximate surface area is 96.2 Å². The monoisotopic (exact) mass is 208 g/mol. The van der Waals surface area contributed by atoms with Gasteiger partial charge in [0.2, 0.25) is 0 Å². The summed E-state index contributed by atoms with van der Waals surface area (Å²) in [5.74, 6) is 0.824. The molecule has 0 radical (unpaired) electrons. The van der Waals surface area contributed by atoms with Gasteiger partial charge in [0, 0.05) is 0 Å². The van der Waals surface area contributed by atoms with Gasteiger partial charge in [-0.1, -0.05) is 69.9 Å². The third-order valence-electron chi connectivity index (χ3n) is 3.80. The lowest BCUT2D eigenvalue weighted by molar-refractivity contribution is 0.436. The van der Waals surface area contributed by atoms with Gasteiger partial charge in [-0.25, -0.2) is 0 Å². The minimum atomic E-state index is 0.824. The van der Waals surface area contributed by atoms with E-state index in [0.29, 0.717) is 0 Å². The Hall–Kier alpha value is -0.260. The molecule has 0 amide bonds. The van der Waals surface area contributed by atoms with E-state index in [4.69, 9.17) is 0 Å². The molecule has 88 valence electrons. The minimum Gasteiger partial charge on any atom is -0.0999 e. The fraction of sp³-hybridized carbons (Fsp3) is 0.867.